The Morgan fingerprint density at radius 3 is 0.969 bits per heavy atom. The van der Waals surface area contributed by atoms with Crippen molar-refractivity contribution in [2.24, 2.45) is 0 Å². The third-order valence-corrected chi connectivity index (χ3v) is 14.9. The van der Waals surface area contributed by atoms with Gasteiger partial charge in [-0.05, 0) is 145 Å². The van der Waals surface area contributed by atoms with Crippen LogP contribution in [0, 0.1) is 41.5 Å². The molecule has 17 nitrogen and oxygen atoms in total. The van der Waals surface area contributed by atoms with Gasteiger partial charge in [0.15, 0.2) is 11.6 Å². The van der Waals surface area contributed by atoms with E-state index < -0.39 is 55.0 Å². The zero-order chi connectivity index (χ0) is 46.8. The Hall–Kier alpha value is -4.43. The van der Waals surface area contributed by atoms with E-state index >= 15 is 0 Å². The van der Waals surface area contributed by atoms with Crippen LogP contribution in [0.25, 0.3) is 45.1 Å². The van der Waals surface area contributed by atoms with Crippen LogP contribution in [0.15, 0.2) is 66.7 Å². The van der Waals surface area contributed by atoms with Crippen LogP contribution < -0.4 is 0 Å². The van der Waals surface area contributed by atoms with Gasteiger partial charge in [-0.2, -0.15) is 0 Å². The van der Waals surface area contributed by atoms with Crippen LogP contribution in [0.3, 0.4) is 0 Å². The van der Waals surface area contributed by atoms with Crippen LogP contribution >= 0.6 is 30.4 Å². The van der Waals surface area contributed by atoms with E-state index in [0.717, 1.165) is 0 Å². The van der Waals surface area contributed by atoms with E-state index in [-0.39, 0.29) is 13.1 Å². The van der Waals surface area contributed by atoms with Gasteiger partial charge >= 0.3 is 30.4 Å². The summed E-state index contributed by atoms with van der Waals surface area (Å²) >= 11 is 0. The Morgan fingerprint density at radius 2 is 0.672 bits per heavy atom. The minimum atomic E-state index is -4.61. The highest BCUT2D eigenvalue weighted by Gasteiger charge is 2.30. The number of imidazole rings is 2. The number of nitrogens with zero attached hydrogens (tertiary/aromatic N) is 5. The second-order valence-electron chi connectivity index (χ2n) is 16.3. The Bertz CT molecular complexity index is 2900. The van der Waals surface area contributed by atoms with Crippen molar-refractivity contribution in [1.82, 2.24) is 24.1 Å². The van der Waals surface area contributed by atoms with Crippen LogP contribution in [-0.4, -0.2) is 63.2 Å². The van der Waals surface area contributed by atoms with Crippen molar-refractivity contribution in [2.45, 2.75) is 79.3 Å². The van der Waals surface area contributed by atoms with Gasteiger partial charge in [-0.3, -0.25) is 18.3 Å². The summed E-state index contributed by atoms with van der Waals surface area (Å²) in [6.07, 6.45) is -2.48. The maximum absolute atomic E-state index is 12.4. The van der Waals surface area contributed by atoms with Crippen molar-refractivity contribution in [3.8, 4) is 23.0 Å². The van der Waals surface area contributed by atoms with Crippen molar-refractivity contribution in [2.75, 3.05) is 0 Å². The highest BCUT2D eigenvalue weighted by Crippen LogP contribution is 2.48. The van der Waals surface area contributed by atoms with E-state index in [1.807, 2.05) is 57.7 Å². The highest BCUT2D eigenvalue weighted by atomic mass is 31.2. The second kappa shape index (κ2) is 17.4. The lowest BCUT2D eigenvalue weighted by Gasteiger charge is -2.24. The molecule has 3 heterocycles. The van der Waals surface area contributed by atoms with E-state index in [2.05, 4.69) is 0 Å². The molecule has 0 saturated carbocycles. The fraction of sp³-hybridized carbons (Fsp3) is 0.279. The fourth-order valence-corrected chi connectivity index (χ4v) is 12.4. The number of para-hydroxylation sites is 4. The summed E-state index contributed by atoms with van der Waals surface area (Å²) in [5.41, 5.74) is 9.05. The number of rotatable bonds is 14. The molecule has 3 aromatic heterocycles. The lowest BCUT2D eigenvalue weighted by Crippen LogP contribution is -2.13. The Balaban J connectivity index is 1.41. The minimum Gasteiger partial charge on any atom is -0.324 e. The molecule has 0 fully saturated rings. The number of benzene rings is 4. The molecule has 64 heavy (non-hydrogen) atoms. The Morgan fingerprint density at radius 1 is 0.391 bits per heavy atom. The number of pyridine rings is 1. The van der Waals surface area contributed by atoms with E-state index in [1.54, 1.807) is 59.7 Å². The molecular formula is C43H49N5O12P4. The van der Waals surface area contributed by atoms with Crippen molar-refractivity contribution < 1.29 is 57.4 Å². The van der Waals surface area contributed by atoms with Gasteiger partial charge in [-0.15, -0.1) is 0 Å². The zero-order valence-electron chi connectivity index (χ0n) is 35.8. The van der Waals surface area contributed by atoms with Crippen LogP contribution in [0.4, 0.5) is 0 Å². The number of aromatic nitrogens is 5. The maximum Gasteiger partial charge on any atom is 0.329 e. The summed E-state index contributed by atoms with van der Waals surface area (Å²) in [7, 11) is -18.4. The van der Waals surface area contributed by atoms with Crippen LogP contribution in [0.1, 0.15) is 66.8 Å². The smallest absolute Gasteiger partial charge is 0.324 e. The molecule has 4 aromatic carbocycles. The normalized spacial score (nSPS) is 12.8. The maximum atomic E-state index is 12.4. The quantitative estimate of drug-likeness (QED) is 0.0484. The van der Waals surface area contributed by atoms with E-state index in [9.17, 15) is 57.4 Å². The molecule has 0 aliphatic heterocycles. The molecule has 0 aliphatic carbocycles. The lowest BCUT2D eigenvalue weighted by atomic mass is 9.89. The average molecular weight is 952 g/mol. The molecule has 7 rings (SSSR count). The van der Waals surface area contributed by atoms with Crippen molar-refractivity contribution in [3.05, 3.63) is 133 Å². The van der Waals surface area contributed by atoms with Gasteiger partial charge in [-0.25, -0.2) is 15.0 Å². The minimum absolute atomic E-state index is 0.0976. The largest absolute Gasteiger partial charge is 0.329 e. The van der Waals surface area contributed by atoms with Crippen molar-refractivity contribution >= 4 is 52.4 Å². The van der Waals surface area contributed by atoms with E-state index in [1.165, 1.54) is 0 Å². The molecule has 7 aromatic rings. The molecule has 0 spiro atoms. The van der Waals surface area contributed by atoms with Gasteiger partial charge in [0.1, 0.15) is 11.4 Å². The predicted molar refractivity (Wildman–Crippen MR) is 244 cm³/mol. The fourth-order valence-electron chi connectivity index (χ4n) is 8.89. The summed E-state index contributed by atoms with van der Waals surface area (Å²) in [5.74, 6) is 0.847. The average Bonchev–Trinajstić information content (AvgIpc) is 3.75. The van der Waals surface area contributed by atoms with Crippen molar-refractivity contribution in [3.63, 3.8) is 0 Å². The van der Waals surface area contributed by atoms with E-state index in [0.29, 0.717) is 112 Å². The zero-order valence-corrected chi connectivity index (χ0v) is 39.4. The summed E-state index contributed by atoms with van der Waals surface area (Å²) in [6.45, 7) is 10.4. The standard InChI is InChI=1S/C43H49N5O12P4/c1-24-30(25(2)33(21-62(52,53)54)28(5)32(24)20-61(49,50)51)18-47-40-16-9-7-12-36(40)45-42(47)38-14-11-15-39(44-38)43-46-37-13-8-10-17-41(37)48(43)19-31-26(3)34(22-63(55,56)57)29(6)35(27(31)4)23-64(58,59)60/h7-17H,18-23H2,1-6H3,(H2,49,50,51)(H2,52,53,54)(H2,55,56,57)(H2,58,59,60). The molecule has 0 radical (unpaired) electrons. The molecule has 0 amide bonds. The summed E-state index contributed by atoms with van der Waals surface area (Å²) in [4.78, 5) is 95.7. The lowest BCUT2D eigenvalue weighted by molar-refractivity contribution is 0.368. The van der Waals surface area contributed by atoms with Gasteiger partial charge in [0.05, 0.1) is 59.8 Å². The van der Waals surface area contributed by atoms with Crippen LogP contribution in [0.5, 0.6) is 0 Å². The summed E-state index contributed by atoms with van der Waals surface area (Å²) in [5, 5.41) is 0. The number of hydrogen-bond acceptors (Lipinski definition) is 7. The van der Waals surface area contributed by atoms with Crippen LogP contribution in [-0.2, 0) is 56.0 Å². The molecule has 0 saturated heterocycles. The first-order valence-electron chi connectivity index (χ1n) is 20.0. The second-order valence-corrected chi connectivity index (χ2v) is 22.9. The first kappa shape index (κ1) is 47.5. The topological polar surface area (TPSA) is 279 Å². The Labute approximate surface area is 368 Å². The first-order chi connectivity index (χ1) is 29.7. The van der Waals surface area contributed by atoms with Gasteiger partial charge in [0.25, 0.3) is 0 Å². The molecule has 21 heteroatoms. The van der Waals surface area contributed by atoms with E-state index in [4.69, 9.17) is 15.0 Å². The predicted octanol–water partition coefficient (Wildman–Crippen LogP) is 7.77. The van der Waals surface area contributed by atoms with Gasteiger partial charge in [0.2, 0.25) is 0 Å². The molecular weight excluding hydrogens is 902 g/mol. The number of hydrogen-bond donors (Lipinski definition) is 8. The molecule has 8 N–H and O–H groups in total. The Kier molecular flexibility index (Phi) is 12.9. The van der Waals surface area contributed by atoms with Crippen molar-refractivity contribution in [1.29, 1.82) is 0 Å². The van der Waals surface area contributed by atoms with Gasteiger partial charge in [0, 0.05) is 0 Å². The van der Waals surface area contributed by atoms with Gasteiger partial charge in [-0.1, -0.05) is 30.3 Å². The van der Waals surface area contributed by atoms with Gasteiger partial charge < -0.3 is 48.3 Å². The molecule has 0 unspecified atom stereocenters. The van der Waals surface area contributed by atoms with Crippen LogP contribution in [0.2, 0.25) is 0 Å². The molecule has 0 aliphatic rings. The third-order valence-electron chi connectivity index (χ3n) is 12.0. The molecule has 0 atom stereocenters. The molecule has 338 valence electrons. The molecule has 0 bridgehead atoms. The summed E-state index contributed by atoms with van der Waals surface area (Å²) < 4.78 is 53.4. The third kappa shape index (κ3) is 10.0. The SMILES string of the molecule is Cc1c(Cn2c(-c3cccc(-c4nc5ccccc5n4Cc4c(C)c(CP(=O)(O)O)c(C)c(CP(=O)(O)O)c4C)n3)nc3ccccc32)c(C)c(CP(=O)(O)O)c(C)c1CP(=O)(O)O. The number of fused-ring (bicyclic) bond motifs is 2. The first-order valence-corrected chi connectivity index (χ1v) is 27.2. The monoisotopic (exact) mass is 951 g/mol. The highest BCUT2D eigenvalue weighted by molar-refractivity contribution is 7.51. The summed E-state index contributed by atoms with van der Waals surface area (Å²) in [6, 6.07) is 20.1.